The zero-order chi connectivity index (χ0) is 21.0. The van der Waals surface area contributed by atoms with Crippen LogP contribution in [0.15, 0.2) is 63.1 Å². The Hall–Kier alpha value is -4.14. The van der Waals surface area contributed by atoms with E-state index in [0.29, 0.717) is 17.1 Å². The molecular formula is C20H17N3O6. The number of carbonyl (C=O) groups is 1. The van der Waals surface area contributed by atoms with E-state index in [4.69, 9.17) is 9.84 Å². The summed E-state index contributed by atoms with van der Waals surface area (Å²) in [4.78, 5) is 41.2. The summed E-state index contributed by atoms with van der Waals surface area (Å²) in [7, 11) is 0. The van der Waals surface area contributed by atoms with Gasteiger partial charge in [0.2, 0.25) is 5.88 Å². The number of para-hydroxylation sites is 1. The maximum Gasteiger partial charge on any atom is 0.341 e. The standard InChI is InChI=1S/C20H17N3O6/c1-12-4-2-3-5-16(12)23-19(27)15(18(26)22-20(23)28)10-21-13-6-8-14(9-7-13)29-11-17(24)25/h2-10,27H,11H2,1H3,(H,24,25)(H,22,26,28). The van der Waals surface area contributed by atoms with Crippen molar-refractivity contribution in [3.63, 3.8) is 0 Å². The second-order valence-electron chi connectivity index (χ2n) is 6.05. The van der Waals surface area contributed by atoms with Crippen LogP contribution in [-0.4, -0.2) is 38.6 Å². The van der Waals surface area contributed by atoms with Crippen LogP contribution in [0.1, 0.15) is 11.1 Å². The number of hydrogen-bond acceptors (Lipinski definition) is 6. The Morgan fingerprint density at radius 3 is 2.52 bits per heavy atom. The van der Waals surface area contributed by atoms with Crippen molar-refractivity contribution in [3.8, 4) is 17.3 Å². The minimum atomic E-state index is -1.09. The summed E-state index contributed by atoms with van der Waals surface area (Å²) in [5, 5.41) is 19.2. The lowest BCUT2D eigenvalue weighted by atomic mass is 10.2. The fourth-order valence-corrected chi connectivity index (χ4v) is 2.61. The van der Waals surface area contributed by atoms with Gasteiger partial charge < -0.3 is 14.9 Å². The molecule has 0 fully saturated rings. The Labute approximate surface area is 164 Å². The first-order valence-corrected chi connectivity index (χ1v) is 8.50. The lowest BCUT2D eigenvalue weighted by Gasteiger charge is -2.11. The van der Waals surface area contributed by atoms with Gasteiger partial charge in [0.25, 0.3) is 5.56 Å². The van der Waals surface area contributed by atoms with Crippen molar-refractivity contribution in [2.75, 3.05) is 6.61 Å². The number of aliphatic carboxylic acids is 1. The normalized spacial score (nSPS) is 10.9. The van der Waals surface area contributed by atoms with Crippen LogP contribution >= 0.6 is 0 Å². The quantitative estimate of drug-likeness (QED) is 0.545. The van der Waals surface area contributed by atoms with Gasteiger partial charge in [-0.2, -0.15) is 0 Å². The molecule has 0 aliphatic rings. The van der Waals surface area contributed by atoms with Crippen LogP contribution < -0.4 is 16.0 Å². The van der Waals surface area contributed by atoms with E-state index in [1.807, 2.05) is 0 Å². The van der Waals surface area contributed by atoms with E-state index < -0.39 is 29.7 Å². The van der Waals surface area contributed by atoms with Crippen molar-refractivity contribution in [2.45, 2.75) is 6.92 Å². The van der Waals surface area contributed by atoms with Gasteiger partial charge in [0.1, 0.15) is 11.3 Å². The highest BCUT2D eigenvalue weighted by Gasteiger charge is 2.15. The number of aryl methyl sites for hydroxylation is 1. The Bertz CT molecular complexity index is 1190. The number of nitrogens with zero attached hydrogens (tertiary/aromatic N) is 2. The molecule has 29 heavy (non-hydrogen) atoms. The molecule has 0 aliphatic carbocycles. The van der Waals surface area contributed by atoms with Crippen LogP contribution in [0.25, 0.3) is 5.69 Å². The van der Waals surface area contributed by atoms with E-state index in [9.17, 15) is 19.5 Å². The largest absolute Gasteiger partial charge is 0.493 e. The highest BCUT2D eigenvalue weighted by atomic mass is 16.5. The van der Waals surface area contributed by atoms with E-state index in [1.54, 1.807) is 43.3 Å². The molecule has 0 atom stereocenters. The smallest absolute Gasteiger partial charge is 0.341 e. The summed E-state index contributed by atoms with van der Waals surface area (Å²) in [6.07, 6.45) is 1.15. The predicted molar refractivity (Wildman–Crippen MR) is 106 cm³/mol. The molecule has 0 radical (unpaired) electrons. The number of carboxylic acid groups (broad SMARTS) is 1. The van der Waals surface area contributed by atoms with E-state index in [-0.39, 0.29) is 5.56 Å². The Morgan fingerprint density at radius 2 is 1.86 bits per heavy atom. The van der Waals surface area contributed by atoms with E-state index >= 15 is 0 Å². The van der Waals surface area contributed by atoms with E-state index in [1.165, 1.54) is 12.1 Å². The SMILES string of the molecule is Cc1ccccc1-n1c(O)c(C=Nc2ccc(OCC(=O)O)cc2)c(=O)[nH]c1=O. The number of rotatable bonds is 6. The molecule has 0 saturated heterocycles. The minimum absolute atomic E-state index is 0.181. The third-order valence-corrected chi connectivity index (χ3v) is 4.02. The van der Waals surface area contributed by atoms with E-state index in [2.05, 4.69) is 9.98 Å². The Kier molecular flexibility index (Phi) is 5.59. The van der Waals surface area contributed by atoms with Gasteiger partial charge in [0, 0.05) is 6.21 Å². The highest BCUT2D eigenvalue weighted by Crippen LogP contribution is 2.20. The van der Waals surface area contributed by atoms with Crippen molar-refractivity contribution in [2.24, 2.45) is 4.99 Å². The molecular weight excluding hydrogens is 378 g/mol. The van der Waals surface area contributed by atoms with Crippen LogP contribution in [0.3, 0.4) is 0 Å². The second kappa shape index (κ2) is 8.26. The number of aromatic hydroxyl groups is 1. The maximum absolute atomic E-state index is 12.2. The molecule has 0 bridgehead atoms. The van der Waals surface area contributed by atoms with Crippen LogP contribution in [0.2, 0.25) is 0 Å². The fourth-order valence-electron chi connectivity index (χ4n) is 2.61. The number of H-pyrrole nitrogens is 1. The van der Waals surface area contributed by atoms with Gasteiger partial charge in [0.15, 0.2) is 6.61 Å². The van der Waals surface area contributed by atoms with Gasteiger partial charge in [-0.15, -0.1) is 0 Å². The summed E-state index contributed by atoms with van der Waals surface area (Å²) < 4.78 is 6.03. The molecule has 3 aromatic rings. The van der Waals surface area contributed by atoms with Crippen LogP contribution in [0.5, 0.6) is 11.6 Å². The third kappa shape index (κ3) is 4.41. The molecule has 0 spiro atoms. The van der Waals surface area contributed by atoms with Gasteiger partial charge in [-0.1, -0.05) is 18.2 Å². The van der Waals surface area contributed by atoms with Crippen molar-refractivity contribution < 1.29 is 19.7 Å². The zero-order valence-electron chi connectivity index (χ0n) is 15.3. The van der Waals surface area contributed by atoms with Crippen molar-refractivity contribution >= 4 is 17.9 Å². The number of hydrogen-bond donors (Lipinski definition) is 3. The topological polar surface area (TPSA) is 134 Å². The lowest BCUT2D eigenvalue weighted by molar-refractivity contribution is -0.139. The van der Waals surface area contributed by atoms with Gasteiger partial charge in [-0.3, -0.25) is 14.8 Å². The molecule has 0 aliphatic heterocycles. The molecule has 9 nitrogen and oxygen atoms in total. The number of ether oxygens (including phenoxy) is 1. The summed E-state index contributed by atoms with van der Waals surface area (Å²) in [6.45, 7) is 1.31. The number of benzene rings is 2. The van der Waals surface area contributed by atoms with Crippen LogP contribution in [-0.2, 0) is 4.79 Å². The summed E-state index contributed by atoms with van der Waals surface area (Å²) in [5.41, 5.74) is -0.127. The number of aromatic nitrogens is 2. The Morgan fingerprint density at radius 1 is 1.17 bits per heavy atom. The minimum Gasteiger partial charge on any atom is -0.493 e. The van der Waals surface area contributed by atoms with Crippen molar-refractivity contribution in [3.05, 3.63) is 80.5 Å². The zero-order valence-corrected chi connectivity index (χ0v) is 15.3. The third-order valence-electron chi connectivity index (χ3n) is 4.02. The average Bonchev–Trinajstić information content (AvgIpc) is 2.68. The number of carboxylic acids is 1. The van der Waals surface area contributed by atoms with Gasteiger partial charge >= 0.3 is 11.7 Å². The molecule has 3 N–H and O–H groups in total. The first-order valence-electron chi connectivity index (χ1n) is 8.50. The van der Waals surface area contributed by atoms with Gasteiger partial charge in [0.05, 0.1) is 11.4 Å². The summed E-state index contributed by atoms with van der Waals surface area (Å²) >= 11 is 0. The van der Waals surface area contributed by atoms with Crippen molar-refractivity contribution in [1.82, 2.24) is 9.55 Å². The molecule has 148 valence electrons. The van der Waals surface area contributed by atoms with Crippen LogP contribution in [0, 0.1) is 6.92 Å². The molecule has 0 saturated carbocycles. The molecule has 0 amide bonds. The number of aromatic amines is 1. The predicted octanol–water partition coefficient (Wildman–Crippen LogP) is 1.75. The lowest BCUT2D eigenvalue weighted by Crippen LogP contribution is -2.31. The molecule has 0 unspecified atom stereocenters. The maximum atomic E-state index is 12.2. The molecule has 1 aromatic heterocycles. The number of nitrogens with one attached hydrogen (secondary N) is 1. The molecule has 1 heterocycles. The molecule has 9 heteroatoms. The number of aliphatic imine (C=N–C) groups is 1. The van der Waals surface area contributed by atoms with E-state index in [0.717, 1.165) is 16.3 Å². The first-order chi connectivity index (χ1) is 13.9. The highest BCUT2D eigenvalue weighted by molar-refractivity contribution is 5.84. The summed E-state index contributed by atoms with van der Waals surface area (Å²) in [6, 6.07) is 13.1. The average molecular weight is 395 g/mol. The first kappa shape index (κ1) is 19.6. The molecule has 3 rings (SSSR count). The van der Waals surface area contributed by atoms with Gasteiger partial charge in [-0.25, -0.2) is 14.2 Å². The molecule has 2 aromatic carbocycles. The van der Waals surface area contributed by atoms with Gasteiger partial charge in [-0.05, 0) is 42.8 Å². The monoisotopic (exact) mass is 395 g/mol. The van der Waals surface area contributed by atoms with Crippen molar-refractivity contribution in [1.29, 1.82) is 0 Å². The Balaban J connectivity index is 1.94. The van der Waals surface area contributed by atoms with Crippen LogP contribution in [0.4, 0.5) is 5.69 Å². The fraction of sp³-hybridized carbons (Fsp3) is 0.100. The summed E-state index contributed by atoms with van der Waals surface area (Å²) in [5.74, 6) is -1.27. The second-order valence-corrected chi connectivity index (χ2v) is 6.05.